The molecule has 0 heterocycles. The van der Waals surface area contributed by atoms with Gasteiger partial charge >= 0.3 is 0 Å². The number of aryl methyl sites for hydroxylation is 1. The summed E-state index contributed by atoms with van der Waals surface area (Å²) in [5.41, 5.74) is 1.00. The second-order valence-corrected chi connectivity index (χ2v) is 3.46. The lowest BCUT2D eigenvalue weighted by molar-refractivity contribution is -0.117. The zero-order valence-corrected chi connectivity index (χ0v) is 9.04. The third-order valence-electron chi connectivity index (χ3n) is 1.99. The number of hydrogen-bond donors (Lipinski definition) is 0. The Bertz CT molecular complexity index is 323. The lowest BCUT2D eigenvalue weighted by Crippen LogP contribution is -2.22. The van der Waals surface area contributed by atoms with Gasteiger partial charge in [-0.25, -0.2) is 0 Å². The molecule has 0 N–H and O–H groups in total. The van der Waals surface area contributed by atoms with E-state index >= 15 is 0 Å². The van der Waals surface area contributed by atoms with Gasteiger partial charge in [-0.3, -0.25) is 4.79 Å². The highest BCUT2D eigenvalue weighted by Gasteiger charge is 2.16. The van der Waals surface area contributed by atoms with Crippen molar-refractivity contribution in [2.24, 2.45) is 0 Å². The van der Waals surface area contributed by atoms with Crippen LogP contribution < -0.4 is 4.74 Å². The van der Waals surface area contributed by atoms with Crippen molar-refractivity contribution >= 4 is 16.8 Å². The summed E-state index contributed by atoms with van der Waals surface area (Å²) in [6, 6.07) is 7.55. The van der Waals surface area contributed by atoms with E-state index in [1.165, 1.54) is 0 Å². The first kappa shape index (κ1) is 11.1. The Morgan fingerprint density at radius 1 is 1.50 bits per heavy atom. The van der Waals surface area contributed by atoms with Crippen LogP contribution in [0.25, 0.3) is 0 Å². The molecule has 1 rings (SSSR count). The number of halogens is 1. The summed E-state index contributed by atoms with van der Waals surface area (Å²) in [6.45, 7) is 3.80. The van der Waals surface area contributed by atoms with Gasteiger partial charge < -0.3 is 4.74 Å². The molecule has 0 aliphatic carbocycles. The van der Waals surface area contributed by atoms with Crippen LogP contribution in [0.4, 0.5) is 0 Å². The van der Waals surface area contributed by atoms with Gasteiger partial charge in [-0.05, 0) is 36.6 Å². The van der Waals surface area contributed by atoms with Gasteiger partial charge in [0, 0.05) is 0 Å². The van der Waals surface area contributed by atoms with Crippen LogP contribution in [0.3, 0.4) is 0 Å². The number of para-hydroxylation sites is 1. The standard InChI is InChI=1S/C11H13ClO2/c1-3-9(11(12)13)14-10-7-5-4-6-8(10)2/h4-7,9H,3H2,1-2H3. The van der Waals surface area contributed by atoms with Crippen LogP contribution in [0.2, 0.25) is 0 Å². The highest BCUT2D eigenvalue weighted by atomic mass is 35.5. The summed E-state index contributed by atoms with van der Waals surface area (Å²) >= 11 is 5.38. The van der Waals surface area contributed by atoms with E-state index in [0.29, 0.717) is 12.2 Å². The fraction of sp³-hybridized carbons (Fsp3) is 0.364. The van der Waals surface area contributed by atoms with Crippen molar-refractivity contribution < 1.29 is 9.53 Å². The predicted octanol–water partition coefficient (Wildman–Crippen LogP) is 2.92. The summed E-state index contributed by atoms with van der Waals surface area (Å²) in [4.78, 5) is 10.9. The van der Waals surface area contributed by atoms with Gasteiger partial charge in [0.25, 0.3) is 5.24 Å². The molecule has 76 valence electrons. The van der Waals surface area contributed by atoms with Crippen LogP contribution in [-0.4, -0.2) is 11.3 Å². The number of benzene rings is 1. The maximum atomic E-state index is 10.9. The van der Waals surface area contributed by atoms with E-state index < -0.39 is 11.3 Å². The SMILES string of the molecule is CCC(Oc1ccccc1C)C(=O)Cl. The molecule has 0 fully saturated rings. The fourth-order valence-corrected chi connectivity index (χ4v) is 1.33. The van der Waals surface area contributed by atoms with Gasteiger partial charge in [0.1, 0.15) is 5.75 Å². The Kier molecular flexibility index (Phi) is 3.96. The molecule has 0 amide bonds. The van der Waals surface area contributed by atoms with Crippen molar-refractivity contribution in [2.75, 3.05) is 0 Å². The minimum atomic E-state index is -0.544. The lowest BCUT2D eigenvalue weighted by atomic mass is 10.2. The van der Waals surface area contributed by atoms with Gasteiger partial charge in [0.2, 0.25) is 0 Å². The molecular weight excluding hydrogens is 200 g/mol. The maximum Gasteiger partial charge on any atom is 0.262 e. The fourth-order valence-electron chi connectivity index (χ4n) is 1.13. The first-order chi connectivity index (χ1) is 6.65. The molecule has 2 nitrogen and oxygen atoms in total. The van der Waals surface area contributed by atoms with Gasteiger partial charge in [-0.15, -0.1) is 0 Å². The van der Waals surface area contributed by atoms with Gasteiger partial charge in [0.15, 0.2) is 6.10 Å². The highest BCUT2D eigenvalue weighted by molar-refractivity contribution is 6.64. The third-order valence-corrected chi connectivity index (χ3v) is 2.23. The van der Waals surface area contributed by atoms with Crippen molar-refractivity contribution in [1.29, 1.82) is 0 Å². The molecule has 0 aliphatic rings. The molecule has 3 heteroatoms. The zero-order valence-electron chi connectivity index (χ0n) is 8.29. The Morgan fingerprint density at radius 3 is 2.64 bits per heavy atom. The number of carbonyl (C=O) groups excluding carboxylic acids is 1. The van der Waals surface area contributed by atoms with E-state index in [0.717, 1.165) is 5.56 Å². The van der Waals surface area contributed by atoms with E-state index in [-0.39, 0.29) is 0 Å². The minimum absolute atomic E-state index is 0.448. The Morgan fingerprint density at radius 2 is 2.14 bits per heavy atom. The van der Waals surface area contributed by atoms with Crippen molar-refractivity contribution in [2.45, 2.75) is 26.4 Å². The average Bonchev–Trinajstić information content (AvgIpc) is 2.16. The minimum Gasteiger partial charge on any atom is -0.481 e. The molecular formula is C11H13ClO2. The van der Waals surface area contributed by atoms with Crippen molar-refractivity contribution in [3.05, 3.63) is 29.8 Å². The van der Waals surface area contributed by atoms with E-state index in [2.05, 4.69) is 0 Å². The third kappa shape index (κ3) is 2.74. The van der Waals surface area contributed by atoms with E-state index in [1.807, 2.05) is 38.1 Å². The molecule has 0 saturated heterocycles. The van der Waals surface area contributed by atoms with E-state index in [1.54, 1.807) is 0 Å². The molecule has 0 saturated carbocycles. The molecule has 0 bridgehead atoms. The summed E-state index contributed by atoms with van der Waals surface area (Å²) < 4.78 is 5.47. The van der Waals surface area contributed by atoms with Crippen LogP contribution in [0.5, 0.6) is 5.75 Å². The van der Waals surface area contributed by atoms with Crippen LogP contribution in [0.1, 0.15) is 18.9 Å². The molecule has 1 atom stereocenters. The molecule has 1 aromatic rings. The average molecular weight is 213 g/mol. The highest BCUT2D eigenvalue weighted by Crippen LogP contribution is 2.19. The zero-order chi connectivity index (χ0) is 10.6. The predicted molar refractivity (Wildman–Crippen MR) is 56.7 cm³/mol. The van der Waals surface area contributed by atoms with Crippen LogP contribution in [-0.2, 0) is 4.79 Å². The second-order valence-electron chi connectivity index (χ2n) is 3.08. The summed E-state index contributed by atoms with van der Waals surface area (Å²) in [5.74, 6) is 0.716. The Labute approximate surface area is 88.8 Å². The molecule has 14 heavy (non-hydrogen) atoms. The lowest BCUT2D eigenvalue weighted by Gasteiger charge is -2.14. The normalized spacial score (nSPS) is 12.2. The number of carbonyl (C=O) groups is 1. The van der Waals surface area contributed by atoms with Crippen molar-refractivity contribution in [3.8, 4) is 5.75 Å². The monoisotopic (exact) mass is 212 g/mol. The van der Waals surface area contributed by atoms with Crippen molar-refractivity contribution in [3.63, 3.8) is 0 Å². The maximum absolute atomic E-state index is 10.9. The smallest absolute Gasteiger partial charge is 0.262 e. The molecule has 0 radical (unpaired) electrons. The molecule has 0 aliphatic heterocycles. The van der Waals surface area contributed by atoms with E-state index in [4.69, 9.17) is 16.3 Å². The first-order valence-corrected chi connectivity index (χ1v) is 4.94. The van der Waals surface area contributed by atoms with Gasteiger partial charge in [0.05, 0.1) is 0 Å². The Balaban J connectivity index is 2.77. The summed E-state index contributed by atoms with van der Waals surface area (Å²) in [7, 11) is 0. The van der Waals surface area contributed by atoms with Crippen LogP contribution in [0, 0.1) is 6.92 Å². The molecule has 0 spiro atoms. The second kappa shape index (κ2) is 5.01. The van der Waals surface area contributed by atoms with Crippen LogP contribution >= 0.6 is 11.6 Å². The number of rotatable bonds is 4. The molecule has 1 aromatic carbocycles. The first-order valence-electron chi connectivity index (χ1n) is 4.56. The summed E-state index contributed by atoms with van der Waals surface area (Å²) in [6.07, 6.45) is 0.0363. The Hall–Kier alpha value is -1.02. The van der Waals surface area contributed by atoms with Crippen LogP contribution in [0.15, 0.2) is 24.3 Å². The quantitative estimate of drug-likeness (QED) is 0.718. The molecule has 0 aromatic heterocycles. The van der Waals surface area contributed by atoms with Gasteiger partial charge in [-0.1, -0.05) is 25.1 Å². The summed E-state index contributed by atoms with van der Waals surface area (Å²) in [5, 5.41) is -0.448. The van der Waals surface area contributed by atoms with E-state index in [9.17, 15) is 4.79 Å². The van der Waals surface area contributed by atoms with Gasteiger partial charge in [-0.2, -0.15) is 0 Å². The largest absolute Gasteiger partial charge is 0.481 e. The van der Waals surface area contributed by atoms with Crippen molar-refractivity contribution in [1.82, 2.24) is 0 Å². The topological polar surface area (TPSA) is 26.3 Å². The molecule has 1 unspecified atom stereocenters. The number of ether oxygens (including phenoxy) is 1. The number of hydrogen-bond acceptors (Lipinski definition) is 2.